The standard InChI is InChI=1S/C30H24ClF2N3O5S/c1-17-7-11-26(24-13-21(31)9-12-28(24)40-15-20-8-10-22(32)14-25(20)33)36(17)27-6-4-5-23(29-18(2)35-41-19(29)3)30(27)42(38,39)34-16-37/h4-14,16H,15H2,1-3H3,(H,34,37). The van der Waals surface area contributed by atoms with Gasteiger partial charge in [-0.2, -0.15) is 0 Å². The number of aryl methyl sites for hydroxylation is 3. The zero-order valence-electron chi connectivity index (χ0n) is 22.6. The fourth-order valence-electron chi connectivity index (χ4n) is 4.86. The first-order chi connectivity index (χ1) is 20.0. The van der Waals surface area contributed by atoms with E-state index in [9.17, 15) is 22.0 Å². The van der Waals surface area contributed by atoms with Crippen LogP contribution in [0, 0.1) is 32.4 Å². The zero-order chi connectivity index (χ0) is 30.2. The van der Waals surface area contributed by atoms with Gasteiger partial charge in [-0.05, 0) is 69.3 Å². The molecule has 0 aliphatic heterocycles. The van der Waals surface area contributed by atoms with Crippen molar-refractivity contribution >= 4 is 28.0 Å². The van der Waals surface area contributed by atoms with E-state index in [2.05, 4.69) is 5.16 Å². The van der Waals surface area contributed by atoms with Gasteiger partial charge in [0.1, 0.15) is 34.6 Å². The second-order valence-corrected chi connectivity index (χ2v) is 11.5. The Morgan fingerprint density at radius 2 is 1.81 bits per heavy atom. The van der Waals surface area contributed by atoms with Gasteiger partial charge in [-0.25, -0.2) is 17.2 Å². The Balaban J connectivity index is 1.71. The number of nitrogens with one attached hydrogen (secondary N) is 1. The van der Waals surface area contributed by atoms with Crippen LogP contribution >= 0.6 is 11.6 Å². The number of benzene rings is 3. The summed E-state index contributed by atoms with van der Waals surface area (Å²) in [5.41, 5.74) is 3.23. The molecule has 1 N–H and O–H groups in total. The fourth-order valence-corrected chi connectivity index (χ4v) is 6.17. The van der Waals surface area contributed by atoms with Gasteiger partial charge >= 0.3 is 0 Å². The van der Waals surface area contributed by atoms with Crippen LogP contribution in [0.15, 0.2) is 76.1 Å². The highest BCUT2D eigenvalue weighted by atomic mass is 35.5. The normalized spacial score (nSPS) is 11.5. The number of halogens is 3. The van der Waals surface area contributed by atoms with Gasteiger partial charge in [0, 0.05) is 39.0 Å². The van der Waals surface area contributed by atoms with Crippen molar-refractivity contribution in [1.82, 2.24) is 14.4 Å². The molecule has 0 atom stereocenters. The third kappa shape index (κ3) is 5.40. The maximum Gasteiger partial charge on any atom is 0.266 e. The van der Waals surface area contributed by atoms with Crippen LogP contribution in [-0.2, 0) is 21.4 Å². The smallest absolute Gasteiger partial charge is 0.266 e. The lowest BCUT2D eigenvalue weighted by atomic mass is 10.0. The summed E-state index contributed by atoms with van der Waals surface area (Å²) in [6.07, 6.45) is 0.101. The summed E-state index contributed by atoms with van der Waals surface area (Å²) in [6, 6.07) is 16.5. The van der Waals surface area contributed by atoms with Crippen molar-refractivity contribution in [2.24, 2.45) is 0 Å². The quantitative estimate of drug-likeness (QED) is 0.187. The second kappa shape index (κ2) is 11.4. The molecule has 8 nitrogen and oxygen atoms in total. The number of nitrogens with zero attached hydrogens (tertiary/aromatic N) is 2. The monoisotopic (exact) mass is 611 g/mol. The molecule has 5 rings (SSSR count). The van der Waals surface area contributed by atoms with E-state index >= 15 is 0 Å². The van der Waals surface area contributed by atoms with Crippen molar-refractivity contribution in [2.75, 3.05) is 0 Å². The maximum absolute atomic E-state index is 14.3. The minimum Gasteiger partial charge on any atom is -0.488 e. The van der Waals surface area contributed by atoms with Crippen molar-refractivity contribution in [1.29, 1.82) is 0 Å². The molecule has 2 aromatic heterocycles. The number of carbonyl (C=O) groups is 1. The van der Waals surface area contributed by atoms with E-state index in [-0.39, 0.29) is 34.7 Å². The summed E-state index contributed by atoms with van der Waals surface area (Å²) in [7, 11) is -4.38. The van der Waals surface area contributed by atoms with E-state index in [1.165, 1.54) is 6.07 Å². The Kier molecular flexibility index (Phi) is 7.89. The molecule has 3 aromatic carbocycles. The molecular weight excluding hydrogens is 588 g/mol. The lowest BCUT2D eigenvalue weighted by molar-refractivity contribution is -0.108. The minimum atomic E-state index is -4.38. The fraction of sp³-hybridized carbons (Fsp3) is 0.133. The molecule has 216 valence electrons. The molecule has 0 aliphatic rings. The van der Waals surface area contributed by atoms with Gasteiger partial charge < -0.3 is 13.8 Å². The molecule has 0 saturated carbocycles. The highest BCUT2D eigenvalue weighted by molar-refractivity contribution is 7.90. The van der Waals surface area contributed by atoms with Gasteiger partial charge in [0.15, 0.2) is 0 Å². The van der Waals surface area contributed by atoms with Gasteiger partial charge in [0.25, 0.3) is 10.0 Å². The predicted molar refractivity (Wildman–Crippen MR) is 153 cm³/mol. The first-order valence-electron chi connectivity index (χ1n) is 12.6. The summed E-state index contributed by atoms with van der Waals surface area (Å²) in [4.78, 5) is 11.2. The zero-order valence-corrected chi connectivity index (χ0v) is 24.2. The van der Waals surface area contributed by atoms with Gasteiger partial charge in [-0.1, -0.05) is 28.9 Å². The Morgan fingerprint density at radius 3 is 2.50 bits per heavy atom. The van der Waals surface area contributed by atoms with Crippen LogP contribution in [0.1, 0.15) is 22.7 Å². The number of hydrogen-bond donors (Lipinski definition) is 1. The minimum absolute atomic E-state index is 0.101. The third-order valence-corrected chi connectivity index (χ3v) is 8.31. The van der Waals surface area contributed by atoms with Crippen molar-refractivity contribution in [3.63, 3.8) is 0 Å². The Morgan fingerprint density at radius 1 is 1.02 bits per heavy atom. The van der Waals surface area contributed by atoms with Crippen LogP contribution in [0.5, 0.6) is 5.75 Å². The van der Waals surface area contributed by atoms with E-state index in [0.29, 0.717) is 44.7 Å². The van der Waals surface area contributed by atoms with Crippen molar-refractivity contribution in [3.05, 3.63) is 106 Å². The van der Waals surface area contributed by atoms with E-state index in [4.69, 9.17) is 20.9 Å². The van der Waals surface area contributed by atoms with Crippen LogP contribution in [0.25, 0.3) is 28.1 Å². The number of amides is 1. The van der Waals surface area contributed by atoms with Crippen molar-refractivity contribution in [2.45, 2.75) is 32.3 Å². The summed E-state index contributed by atoms with van der Waals surface area (Å²) in [5, 5.41) is 4.34. The summed E-state index contributed by atoms with van der Waals surface area (Å²) < 4.78 is 69.8. The summed E-state index contributed by atoms with van der Waals surface area (Å²) in [6.45, 7) is 4.94. The SMILES string of the molecule is Cc1noc(C)c1-c1cccc(-n2c(C)ccc2-c2cc(Cl)ccc2OCc2ccc(F)cc2F)c1S(=O)(=O)NC=O. The Hall–Kier alpha value is -4.48. The maximum atomic E-state index is 14.3. The molecule has 5 aromatic rings. The average Bonchev–Trinajstić information content (AvgIpc) is 3.48. The van der Waals surface area contributed by atoms with Gasteiger partial charge in [-0.3, -0.25) is 9.52 Å². The van der Waals surface area contributed by atoms with Crippen LogP contribution in [0.4, 0.5) is 8.78 Å². The molecule has 0 aliphatic carbocycles. The molecule has 0 fully saturated rings. The number of carbonyl (C=O) groups excluding carboxylic acids is 1. The largest absolute Gasteiger partial charge is 0.488 e. The molecule has 1 amide bonds. The van der Waals surface area contributed by atoms with Crippen LogP contribution in [-0.4, -0.2) is 24.6 Å². The molecular formula is C30H24ClF2N3O5S. The first-order valence-corrected chi connectivity index (χ1v) is 14.5. The van der Waals surface area contributed by atoms with Crippen LogP contribution in [0.2, 0.25) is 5.02 Å². The van der Waals surface area contributed by atoms with Crippen LogP contribution < -0.4 is 9.46 Å². The Bertz CT molecular complexity index is 1920. The van der Waals surface area contributed by atoms with E-state index in [1.54, 1.807) is 73.9 Å². The number of rotatable bonds is 9. The molecule has 0 spiro atoms. The Labute approximate surface area is 245 Å². The molecule has 0 saturated heterocycles. The predicted octanol–water partition coefficient (Wildman–Crippen LogP) is 6.67. The summed E-state index contributed by atoms with van der Waals surface area (Å²) >= 11 is 6.38. The van der Waals surface area contributed by atoms with Gasteiger partial charge in [0.2, 0.25) is 6.41 Å². The lowest BCUT2D eigenvalue weighted by Gasteiger charge is -2.20. The molecule has 0 radical (unpaired) electrons. The molecule has 12 heteroatoms. The number of ether oxygens (including phenoxy) is 1. The van der Waals surface area contributed by atoms with E-state index in [0.717, 1.165) is 12.1 Å². The van der Waals surface area contributed by atoms with E-state index < -0.39 is 21.7 Å². The van der Waals surface area contributed by atoms with Crippen LogP contribution in [0.3, 0.4) is 0 Å². The number of aromatic nitrogens is 2. The average molecular weight is 612 g/mol. The van der Waals surface area contributed by atoms with Crippen molar-refractivity contribution in [3.8, 4) is 33.8 Å². The second-order valence-electron chi connectivity index (χ2n) is 9.45. The van der Waals surface area contributed by atoms with Gasteiger partial charge in [0.05, 0.1) is 17.1 Å². The van der Waals surface area contributed by atoms with Gasteiger partial charge in [-0.15, -0.1) is 0 Å². The molecule has 42 heavy (non-hydrogen) atoms. The highest BCUT2D eigenvalue weighted by Gasteiger charge is 2.29. The first kappa shape index (κ1) is 29.0. The van der Waals surface area contributed by atoms with Crippen molar-refractivity contribution < 1.29 is 31.3 Å². The van der Waals surface area contributed by atoms with E-state index in [1.807, 2.05) is 4.72 Å². The molecule has 0 unspecified atom stereocenters. The summed E-state index contributed by atoms with van der Waals surface area (Å²) in [5.74, 6) is -0.737. The topological polar surface area (TPSA) is 103 Å². The third-order valence-electron chi connectivity index (χ3n) is 6.70. The lowest BCUT2D eigenvalue weighted by Crippen LogP contribution is -2.24. The highest BCUT2D eigenvalue weighted by Crippen LogP contribution is 2.40. The number of hydrogen-bond acceptors (Lipinski definition) is 6. The number of sulfonamides is 1. The molecule has 2 heterocycles. The molecule has 0 bridgehead atoms.